The van der Waals surface area contributed by atoms with E-state index in [1.165, 1.54) is 0 Å². The van der Waals surface area contributed by atoms with Crippen molar-refractivity contribution in [3.8, 4) is 0 Å². The van der Waals surface area contributed by atoms with E-state index in [-0.39, 0.29) is 24.3 Å². The fraction of sp³-hybridized carbons (Fsp3) is 0.318. The highest BCUT2D eigenvalue weighted by Crippen LogP contribution is 2.26. The third kappa shape index (κ3) is 6.77. The number of rotatable bonds is 9. The van der Waals surface area contributed by atoms with Crippen LogP contribution >= 0.6 is 11.6 Å². The maximum absolute atomic E-state index is 12.4. The van der Waals surface area contributed by atoms with Crippen LogP contribution in [0.25, 0.3) is 0 Å². The highest BCUT2D eigenvalue weighted by atomic mass is 35.5. The van der Waals surface area contributed by atoms with Crippen molar-refractivity contribution in [1.29, 1.82) is 0 Å². The molecule has 4 N–H and O–H groups in total. The van der Waals surface area contributed by atoms with Crippen LogP contribution in [0.3, 0.4) is 0 Å². The van der Waals surface area contributed by atoms with Crippen LogP contribution in [0.15, 0.2) is 36.4 Å². The average Bonchev–Trinajstić information content (AvgIpc) is 2.71. The Hall–Kier alpha value is -3.06. The Morgan fingerprint density at radius 3 is 2.17 bits per heavy atom. The van der Waals surface area contributed by atoms with E-state index in [2.05, 4.69) is 21.3 Å². The van der Waals surface area contributed by atoms with E-state index in [4.69, 9.17) is 11.6 Å². The molecule has 0 bridgehead atoms. The maximum atomic E-state index is 12.4. The monoisotopic (exact) mass is 430 g/mol. The summed E-state index contributed by atoms with van der Waals surface area (Å²) >= 11 is 6.20. The van der Waals surface area contributed by atoms with Gasteiger partial charge in [0.2, 0.25) is 17.7 Å². The zero-order chi connectivity index (χ0) is 22.1. The molecular weight excluding hydrogens is 404 g/mol. The Kier molecular flexibility index (Phi) is 8.68. The summed E-state index contributed by atoms with van der Waals surface area (Å²) in [6, 6.07) is 10.4. The van der Waals surface area contributed by atoms with Crippen LogP contribution in [0.1, 0.15) is 38.7 Å². The smallest absolute Gasteiger partial charge is 0.243 e. The Balaban J connectivity index is 2.00. The van der Waals surface area contributed by atoms with E-state index in [9.17, 15) is 14.4 Å². The molecule has 0 fully saturated rings. The molecule has 0 aliphatic carbocycles. The largest absolute Gasteiger partial charge is 0.375 e. The predicted octanol–water partition coefficient (Wildman–Crippen LogP) is 4.79. The molecule has 2 aromatic carbocycles. The Morgan fingerprint density at radius 2 is 1.53 bits per heavy atom. The number of benzene rings is 2. The van der Waals surface area contributed by atoms with E-state index in [1.807, 2.05) is 13.8 Å². The topological polar surface area (TPSA) is 99.3 Å². The molecule has 0 atom stereocenters. The minimum Gasteiger partial charge on any atom is -0.375 e. The van der Waals surface area contributed by atoms with Gasteiger partial charge < -0.3 is 21.3 Å². The minimum absolute atomic E-state index is 0.0168. The third-order valence-electron chi connectivity index (χ3n) is 4.37. The normalized spacial score (nSPS) is 10.3. The van der Waals surface area contributed by atoms with E-state index in [0.717, 1.165) is 12.0 Å². The Morgan fingerprint density at radius 1 is 0.867 bits per heavy atom. The van der Waals surface area contributed by atoms with Crippen molar-refractivity contribution in [3.05, 3.63) is 47.0 Å². The first-order valence-electron chi connectivity index (χ1n) is 9.86. The molecule has 0 aliphatic rings. The number of carbonyl (C=O) groups is 3. The molecule has 0 unspecified atom stereocenters. The molecule has 0 spiro atoms. The van der Waals surface area contributed by atoms with E-state index >= 15 is 0 Å². The lowest BCUT2D eigenvalue weighted by Crippen LogP contribution is -2.22. The first-order valence-corrected chi connectivity index (χ1v) is 10.2. The van der Waals surface area contributed by atoms with Crippen molar-refractivity contribution in [1.82, 2.24) is 0 Å². The molecule has 2 rings (SSSR count). The van der Waals surface area contributed by atoms with Gasteiger partial charge in [0, 0.05) is 29.9 Å². The van der Waals surface area contributed by atoms with E-state index in [0.29, 0.717) is 40.6 Å². The maximum Gasteiger partial charge on any atom is 0.243 e. The minimum atomic E-state index is -0.270. The number of amides is 3. The standard InChI is InChI=1S/C22H27ClN4O3/c1-4-7-21(29)25-15-10-11-16(23)19(12-15)24-13-22(30)27-18-9-6-8-17(14(18)3)26-20(28)5-2/h6,8-12,24H,4-5,7,13H2,1-3H3,(H,25,29)(H,26,28)(H,27,30). The Labute approximate surface area is 181 Å². The summed E-state index contributed by atoms with van der Waals surface area (Å²) in [5.41, 5.74) is 3.19. The van der Waals surface area contributed by atoms with Gasteiger partial charge in [0.15, 0.2) is 0 Å². The Bertz CT molecular complexity index is 931. The van der Waals surface area contributed by atoms with Gasteiger partial charge in [0.25, 0.3) is 0 Å². The predicted molar refractivity (Wildman–Crippen MR) is 122 cm³/mol. The van der Waals surface area contributed by atoms with Crippen LogP contribution in [0.4, 0.5) is 22.7 Å². The van der Waals surface area contributed by atoms with Gasteiger partial charge in [0.05, 0.1) is 17.3 Å². The van der Waals surface area contributed by atoms with Crippen molar-refractivity contribution in [2.75, 3.05) is 27.8 Å². The molecule has 0 saturated heterocycles. The van der Waals surface area contributed by atoms with E-state index in [1.54, 1.807) is 43.3 Å². The van der Waals surface area contributed by atoms with Gasteiger partial charge in [-0.25, -0.2) is 0 Å². The van der Waals surface area contributed by atoms with Crippen LogP contribution in [0.2, 0.25) is 5.02 Å². The first-order chi connectivity index (χ1) is 14.3. The molecule has 30 heavy (non-hydrogen) atoms. The zero-order valence-corrected chi connectivity index (χ0v) is 18.2. The fourth-order valence-electron chi connectivity index (χ4n) is 2.70. The SMILES string of the molecule is CCCC(=O)Nc1ccc(Cl)c(NCC(=O)Nc2cccc(NC(=O)CC)c2C)c1. The first kappa shape index (κ1) is 23.2. The lowest BCUT2D eigenvalue weighted by atomic mass is 10.1. The van der Waals surface area contributed by atoms with Gasteiger partial charge in [-0.3, -0.25) is 14.4 Å². The molecule has 0 aromatic heterocycles. The number of hydrogen-bond donors (Lipinski definition) is 4. The van der Waals surface area contributed by atoms with Gasteiger partial charge in [-0.05, 0) is 49.2 Å². The van der Waals surface area contributed by atoms with Crippen molar-refractivity contribution in [3.63, 3.8) is 0 Å². The van der Waals surface area contributed by atoms with Gasteiger partial charge in [0.1, 0.15) is 0 Å². The fourth-order valence-corrected chi connectivity index (χ4v) is 2.89. The van der Waals surface area contributed by atoms with Crippen LogP contribution in [0.5, 0.6) is 0 Å². The molecule has 160 valence electrons. The number of halogens is 1. The number of carbonyl (C=O) groups excluding carboxylic acids is 3. The van der Waals surface area contributed by atoms with Gasteiger partial charge in [-0.2, -0.15) is 0 Å². The lowest BCUT2D eigenvalue weighted by Gasteiger charge is -2.14. The molecular formula is C22H27ClN4O3. The van der Waals surface area contributed by atoms with Gasteiger partial charge in [-0.15, -0.1) is 0 Å². The molecule has 2 aromatic rings. The summed E-state index contributed by atoms with van der Waals surface area (Å²) in [4.78, 5) is 35.8. The molecule has 3 amide bonds. The average molecular weight is 431 g/mol. The molecule has 8 heteroatoms. The van der Waals surface area contributed by atoms with E-state index < -0.39 is 0 Å². The number of anilines is 4. The molecule has 0 heterocycles. The van der Waals surface area contributed by atoms with Crippen LogP contribution < -0.4 is 21.3 Å². The summed E-state index contributed by atoms with van der Waals surface area (Å²) in [7, 11) is 0. The molecule has 0 saturated carbocycles. The van der Waals surface area contributed by atoms with Crippen molar-refractivity contribution in [2.24, 2.45) is 0 Å². The second-order valence-corrected chi connectivity index (χ2v) is 7.18. The molecule has 0 aliphatic heterocycles. The summed E-state index contributed by atoms with van der Waals surface area (Å²) < 4.78 is 0. The van der Waals surface area contributed by atoms with Gasteiger partial charge in [-0.1, -0.05) is 31.5 Å². The highest BCUT2D eigenvalue weighted by molar-refractivity contribution is 6.33. The summed E-state index contributed by atoms with van der Waals surface area (Å²) in [6.45, 7) is 5.52. The van der Waals surface area contributed by atoms with Crippen molar-refractivity contribution in [2.45, 2.75) is 40.0 Å². The van der Waals surface area contributed by atoms with Crippen LogP contribution in [0, 0.1) is 6.92 Å². The summed E-state index contributed by atoms with van der Waals surface area (Å²) in [5.74, 6) is -0.439. The third-order valence-corrected chi connectivity index (χ3v) is 4.70. The zero-order valence-electron chi connectivity index (χ0n) is 17.4. The summed E-state index contributed by atoms with van der Waals surface area (Å²) in [6.07, 6.45) is 1.57. The van der Waals surface area contributed by atoms with Gasteiger partial charge >= 0.3 is 0 Å². The lowest BCUT2D eigenvalue weighted by molar-refractivity contribution is -0.116. The quantitative estimate of drug-likeness (QED) is 0.459. The van der Waals surface area contributed by atoms with Crippen molar-refractivity contribution < 1.29 is 14.4 Å². The highest BCUT2D eigenvalue weighted by Gasteiger charge is 2.11. The molecule has 0 radical (unpaired) electrons. The second kappa shape index (κ2) is 11.2. The van der Waals surface area contributed by atoms with Crippen molar-refractivity contribution >= 4 is 52.1 Å². The van der Waals surface area contributed by atoms with Crippen LogP contribution in [-0.2, 0) is 14.4 Å². The van der Waals surface area contributed by atoms with Crippen LogP contribution in [-0.4, -0.2) is 24.3 Å². The summed E-state index contributed by atoms with van der Waals surface area (Å²) in [5, 5.41) is 11.9. The number of hydrogen-bond acceptors (Lipinski definition) is 4. The molecule has 7 nitrogen and oxygen atoms in total. The second-order valence-electron chi connectivity index (χ2n) is 6.77. The number of nitrogens with one attached hydrogen (secondary N) is 4.